The standard InChI is InChI=1S/C19H20N2O3S/c1-20-13-11-19(12-14-22)16-9-5-6-10-17(16)21(18(19)20)25(23,24)15-7-3-2-4-8-15/h2-10,14,18H,11-13H2,1H3/t18-,19-/m0/s1. The molecule has 0 aliphatic carbocycles. The van der Waals surface area contributed by atoms with Crippen LogP contribution in [0.2, 0.25) is 0 Å². The third-order valence-corrected chi connectivity index (χ3v) is 7.25. The van der Waals surface area contributed by atoms with Gasteiger partial charge in [0.15, 0.2) is 0 Å². The molecule has 5 nitrogen and oxygen atoms in total. The number of aldehydes is 1. The van der Waals surface area contributed by atoms with Crippen LogP contribution in [0.3, 0.4) is 0 Å². The summed E-state index contributed by atoms with van der Waals surface area (Å²) < 4.78 is 28.4. The molecule has 0 aromatic heterocycles. The average molecular weight is 356 g/mol. The summed E-state index contributed by atoms with van der Waals surface area (Å²) in [7, 11) is -1.79. The van der Waals surface area contributed by atoms with Crippen LogP contribution in [0.1, 0.15) is 18.4 Å². The van der Waals surface area contributed by atoms with E-state index >= 15 is 0 Å². The van der Waals surface area contributed by atoms with Gasteiger partial charge < -0.3 is 4.79 Å². The van der Waals surface area contributed by atoms with Gasteiger partial charge in [0.25, 0.3) is 10.0 Å². The minimum atomic E-state index is -3.72. The monoisotopic (exact) mass is 356 g/mol. The first-order valence-electron chi connectivity index (χ1n) is 8.35. The summed E-state index contributed by atoms with van der Waals surface area (Å²) in [5.74, 6) is 0. The van der Waals surface area contributed by atoms with E-state index in [-0.39, 0.29) is 11.1 Å². The van der Waals surface area contributed by atoms with Gasteiger partial charge in [-0.1, -0.05) is 36.4 Å². The molecule has 25 heavy (non-hydrogen) atoms. The Morgan fingerprint density at radius 2 is 1.80 bits per heavy atom. The van der Waals surface area contributed by atoms with Crippen molar-refractivity contribution in [3.8, 4) is 0 Å². The summed E-state index contributed by atoms with van der Waals surface area (Å²) in [4.78, 5) is 13.8. The lowest BCUT2D eigenvalue weighted by molar-refractivity contribution is -0.109. The van der Waals surface area contributed by atoms with Gasteiger partial charge in [-0.25, -0.2) is 12.7 Å². The quantitative estimate of drug-likeness (QED) is 0.790. The molecular formula is C19H20N2O3S. The summed E-state index contributed by atoms with van der Waals surface area (Å²) >= 11 is 0. The van der Waals surface area contributed by atoms with Gasteiger partial charge >= 0.3 is 0 Å². The molecular weight excluding hydrogens is 336 g/mol. The van der Waals surface area contributed by atoms with Crippen LogP contribution in [-0.4, -0.2) is 39.4 Å². The molecule has 0 spiro atoms. The second-order valence-corrected chi connectivity index (χ2v) is 8.58. The van der Waals surface area contributed by atoms with E-state index in [4.69, 9.17) is 0 Å². The predicted molar refractivity (Wildman–Crippen MR) is 95.9 cm³/mol. The van der Waals surface area contributed by atoms with Gasteiger partial charge in [0.2, 0.25) is 0 Å². The molecule has 0 unspecified atom stereocenters. The molecule has 0 amide bonds. The van der Waals surface area contributed by atoms with Crippen molar-refractivity contribution < 1.29 is 13.2 Å². The van der Waals surface area contributed by atoms with E-state index in [1.54, 1.807) is 30.3 Å². The summed E-state index contributed by atoms with van der Waals surface area (Å²) in [5.41, 5.74) is 1.16. The highest BCUT2D eigenvalue weighted by Gasteiger charge is 2.59. The molecule has 2 aromatic carbocycles. The number of nitrogens with zero attached hydrogens (tertiary/aromatic N) is 2. The Bertz CT molecular complexity index is 913. The number of rotatable bonds is 4. The van der Waals surface area contributed by atoms with Crippen LogP contribution in [0.25, 0.3) is 0 Å². The number of likely N-dealkylation sites (N-methyl/N-ethyl adjacent to an activating group) is 1. The van der Waals surface area contributed by atoms with Crippen LogP contribution in [0, 0.1) is 0 Å². The molecule has 130 valence electrons. The zero-order chi connectivity index (χ0) is 17.7. The van der Waals surface area contributed by atoms with Gasteiger partial charge in [-0.3, -0.25) is 4.90 Å². The molecule has 2 aliphatic heterocycles. The van der Waals surface area contributed by atoms with Crippen molar-refractivity contribution in [1.82, 2.24) is 4.90 Å². The van der Waals surface area contributed by atoms with E-state index in [1.165, 1.54) is 4.31 Å². The Kier molecular flexibility index (Phi) is 3.70. The lowest BCUT2D eigenvalue weighted by Crippen LogP contribution is -2.51. The molecule has 1 fully saturated rings. The van der Waals surface area contributed by atoms with Crippen molar-refractivity contribution >= 4 is 22.0 Å². The topological polar surface area (TPSA) is 57.7 Å². The van der Waals surface area contributed by atoms with E-state index in [1.807, 2.05) is 36.2 Å². The molecule has 6 heteroatoms. The Balaban J connectivity index is 1.96. The highest BCUT2D eigenvalue weighted by Crippen LogP contribution is 2.54. The van der Waals surface area contributed by atoms with E-state index in [0.29, 0.717) is 12.1 Å². The highest BCUT2D eigenvalue weighted by atomic mass is 32.2. The van der Waals surface area contributed by atoms with E-state index < -0.39 is 15.4 Å². The Hall–Kier alpha value is -2.18. The molecule has 0 N–H and O–H groups in total. The van der Waals surface area contributed by atoms with E-state index in [0.717, 1.165) is 24.8 Å². The molecule has 1 saturated heterocycles. The number of sulfonamides is 1. The predicted octanol–water partition coefficient (Wildman–Crippen LogP) is 2.38. The van der Waals surface area contributed by atoms with Crippen LogP contribution in [0.5, 0.6) is 0 Å². The maximum absolute atomic E-state index is 13.4. The van der Waals surface area contributed by atoms with Crippen LogP contribution in [0.15, 0.2) is 59.5 Å². The van der Waals surface area contributed by atoms with Crippen LogP contribution >= 0.6 is 0 Å². The first-order chi connectivity index (χ1) is 12.0. The zero-order valence-corrected chi connectivity index (χ0v) is 14.8. The van der Waals surface area contributed by atoms with Crippen molar-refractivity contribution in [1.29, 1.82) is 0 Å². The minimum absolute atomic E-state index is 0.270. The van der Waals surface area contributed by atoms with Crippen molar-refractivity contribution in [2.24, 2.45) is 0 Å². The van der Waals surface area contributed by atoms with Gasteiger partial charge in [0, 0.05) is 18.4 Å². The van der Waals surface area contributed by atoms with Gasteiger partial charge in [-0.2, -0.15) is 0 Å². The Morgan fingerprint density at radius 1 is 1.12 bits per heavy atom. The first kappa shape index (κ1) is 16.3. The number of fused-ring (bicyclic) bond motifs is 3. The Labute approximate surface area is 147 Å². The van der Waals surface area contributed by atoms with Crippen molar-refractivity contribution in [3.05, 3.63) is 60.2 Å². The van der Waals surface area contributed by atoms with Crippen LogP contribution in [-0.2, 0) is 20.2 Å². The smallest absolute Gasteiger partial charge is 0.265 e. The fourth-order valence-electron chi connectivity index (χ4n) is 4.38. The van der Waals surface area contributed by atoms with Gasteiger partial charge in [0.1, 0.15) is 12.5 Å². The molecule has 0 radical (unpaired) electrons. The number of carbonyl (C=O) groups excluding carboxylic acids is 1. The largest absolute Gasteiger partial charge is 0.303 e. The third-order valence-electron chi connectivity index (χ3n) is 5.47. The summed E-state index contributed by atoms with van der Waals surface area (Å²) in [5, 5.41) is 0. The Morgan fingerprint density at radius 3 is 2.52 bits per heavy atom. The van der Waals surface area contributed by atoms with Crippen LogP contribution in [0.4, 0.5) is 5.69 Å². The summed E-state index contributed by atoms with van der Waals surface area (Å²) in [6.07, 6.45) is 1.63. The zero-order valence-electron chi connectivity index (χ0n) is 14.0. The van der Waals surface area contributed by atoms with Gasteiger partial charge in [-0.05, 0) is 37.2 Å². The van der Waals surface area contributed by atoms with E-state index in [9.17, 15) is 13.2 Å². The number of hydrogen-bond acceptors (Lipinski definition) is 4. The highest BCUT2D eigenvalue weighted by molar-refractivity contribution is 7.92. The third kappa shape index (κ3) is 2.17. The second kappa shape index (κ2) is 5.68. The second-order valence-electron chi connectivity index (χ2n) is 6.76. The average Bonchev–Trinajstić information content (AvgIpc) is 3.09. The van der Waals surface area contributed by atoms with Crippen LogP contribution < -0.4 is 4.31 Å². The first-order valence-corrected chi connectivity index (χ1v) is 9.79. The lowest BCUT2D eigenvalue weighted by Gasteiger charge is -2.35. The van der Waals surface area contributed by atoms with Crippen molar-refractivity contribution in [2.75, 3.05) is 17.9 Å². The van der Waals surface area contributed by atoms with Gasteiger partial charge in [0.05, 0.1) is 10.6 Å². The molecule has 2 heterocycles. The maximum Gasteiger partial charge on any atom is 0.265 e. The minimum Gasteiger partial charge on any atom is -0.303 e. The number of carbonyl (C=O) groups is 1. The molecule has 2 aromatic rings. The summed E-state index contributed by atoms with van der Waals surface area (Å²) in [6.45, 7) is 0.758. The number of likely N-dealkylation sites (tertiary alicyclic amines) is 1. The van der Waals surface area contributed by atoms with E-state index in [2.05, 4.69) is 0 Å². The molecule has 2 atom stereocenters. The fourth-order valence-corrected chi connectivity index (χ4v) is 6.15. The molecule has 0 saturated carbocycles. The number of anilines is 1. The molecule has 0 bridgehead atoms. The number of benzene rings is 2. The summed E-state index contributed by atoms with van der Waals surface area (Å²) in [6, 6.07) is 16.1. The normalized spacial score (nSPS) is 25.6. The fraction of sp³-hybridized carbons (Fsp3) is 0.316. The van der Waals surface area contributed by atoms with Crippen molar-refractivity contribution in [3.63, 3.8) is 0 Å². The number of hydrogen-bond donors (Lipinski definition) is 0. The SMILES string of the molecule is CN1CC[C@]2(CC=O)c3ccccc3N(S(=O)(=O)c3ccccc3)[C@H]12. The number of para-hydroxylation sites is 1. The van der Waals surface area contributed by atoms with Crippen molar-refractivity contribution in [2.45, 2.75) is 29.3 Å². The van der Waals surface area contributed by atoms with Gasteiger partial charge in [-0.15, -0.1) is 0 Å². The lowest BCUT2D eigenvalue weighted by atomic mass is 9.77. The molecule has 4 rings (SSSR count). The maximum atomic E-state index is 13.4. The molecule has 2 aliphatic rings.